The van der Waals surface area contributed by atoms with Gasteiger partial charge in [0.2, 0.25) is 4.96 Å². The van der Waals surface area contributed by atoms with Gasteiger partial charge in [-0.2, -0.15) is 9.61 Å². The summed E-state index contributed by atoms with van der Waals surface area (Å²) in [5.41, 5.74) is 7.32. The van der Waals surface area contributed by atoms with Gasteiger partial charge in [-0.1, -0.05) is 29.5 Å². The first-order valence-electron chi connectivity index (χ1n) is 7.94. The molecule has 0 amide bonds. The third-order valence-electron chi connectivity index (χ3n) is 4.14. The highest BCUT2D eigenvalue weighted by atomic mass is 32.1. The Bertz CT molecular complexity index is 1390. The highest BCUT2D eigenvalue weighted by molar-refractivity contribution is 7.19. The first kappa shape index (κ1) is 15.5. The van der Waals surface area contributed by atoms with E-state index in [-0.39, 0.29) is 5.75 Å². The quantitative estimate of drug-likeness (QED) is 0.358. The minimum absolute atomic E-state index is 0.0600. The van der Waals surface area contributed by atoms with E-state index >= 15 is 0 Å². The fourth-order valence-corrected chi connectivity index (χ4v) is 3.70. The van der Waals surface area contributed by atoms with Crippen LogP contribution >= 0.6 is 11.3 Å². The third-order valence-corrected chi connectivity index (χ3v) is 5.07. The summed E-state index contributed by atoms with van der Waals surface area (Å²) in [7, 11) is 0. The summed E-state index contributed by atoms with van der Waals surface area (Å²) in [6, 6.07) is 13.6. The maximum atomic E-state index is 12.4. The van der Waals surface area contributed by atoms with Crippen molar-refractivity contribution in [2.45, 2.75) is 0 Å². The lowest BCUT2D eigenvalue weighted by atomic mass is 10.1. The molecule has 0 spiro atoms. The highest BCUT2D eigenvalue weighted by Crippen LogP contribution is 2.31. The third kappa shape index (κ3) is 2.44. The standard InChI is InChI=1S/C18H11N5O3S/c19-13-8-10(24)5-6-11(13)15-20-21-18-23(15)22-16(27-18)12-7-9-3-1-2-4-14(9)26-17(12)25/h1-8,24H,19H2. The Morgan fingerprint density at radius 3 is 2.78 bits per heavy atom. The number of aromatic nitrogens is 4. The molecular formula is C18H11N5O3S. The van der Waals surface area contributed by atoms with Crippen molar-refractivity contribution >= 4 is 33.0 Å². The summed E-state index contributed by atoms with van der Waals surface area (Å²) in [5, 5.41) is 23.5. The van der Waals surface area contributed by atoms with Crippen molar-refractivity contribution in [3.8, 4) is 27.7 Å². The van der Waals surface area contributed by atoms with E-state index in [1.165, 1.54) is 28.0 Å². The maximum Gasteiger partial charge on any atom is 0.346 e. The van der Waals surface area contributed by atoms with Crippen LogP contribution in [0.1, 0.15) is 0 Å². The van der Waals surface area contributed by atoms with E-state index in [1.54, 1.807) is 18.2 Å². The van der Waals surface area contributed by atoms with Crippen molar-refractivity contribution in [3.63, 3.8) is 0 Å². The molecule has 5 aromatic rings. The van der Waals surface area contributed by atoms with Gasteiger partial charge in [-0.3, -0.25) is 0 Å². The van der Waals surface area contributed by atoms with Gasteiger partial charge >= 0.3 is 5.63 Å². The number of nitrogen functional groups attached to an aromatic ring is 1. The molecule has 132 valence electrons. The van der Waals surface area contributed by atoms with Gasteiger partial charge in [0, 0.05) is 22.7 Å². The molecule has 3 aromatic heterocycles. The van der Waals surface area contributed by atoms with Crippen LogP contribution in [0.25, 0.3) is 37.9 Å². The second-order valence-electron chi connectivity index (χ2n) is 5.88. The van der Waals surface area contributed by atoms with Crippen LogP contribution in [-0.2, 0) is 0 Å². The Morgan fingerprint density at radius 1 is 1.07 bits per heavy atom. The molecule has 0 aliphatic heterocycles. The highest BCUT2D eigenvalue weighted by Gasteiger charge is 2.18. The normalized spacial score (nSPS) is 11.4. The molecule has 0 fully saturated rings. The molecule has 3 N–H and O–H groups in total. The molecule has 8 nitrogen and oxygen atoms in total. The van der Waals surface area contributed by atoms with Crippen molar-refractivity contribution in [2.24, 2.45) is 0 Å². The van der Waals surface area contributed by atoms with Crippen LogP contribution in [0, 0.1) is 0 Å². The second kappa shape index (κ2) is 5.64. The lowest BCUT2D eigenvalue weighted by molar-refractivity contribution is 0.475. The minimum atomic E-state index is -0.468. The number of phenols is 1. The zero-order valence-electron chi connectivity index (χ0n) is 13.7. The molecule has 5 rings (SSSR count). The summed E-state index contributed by atoms with van der Waals surface area (Å²) in [5.74, 6) is 0.486. The van der Waals surface area contributed by atoms with E-state index in [0.717, 1.165) is 5.39 Å². The largest absolute Gasteiger partial charge is 0.508 e. The van der Waals surface area contributed by atoms with Gasteiger partial charge in [-0.25, -0.2) is 4.79 Å². The zero-order valence-corrected chi connectivity index (χ0v) is 14.5. The van der Waals surface area contributed by atoms with Gasteiger partial charge in [-0.15, -0.1) is 10.2 Å². The lowest BCUT2D eigenvalue weighted by Crippen LogP contribution is -2.03. The van der Waals surface area contributed by atoms with Crippen LogP contribution in [0.4, 0.5) is 5.69 Å². The number of nitrogens with two attached hydrogens (primary N) is 1. The average molecular weight is 377 g/mol. The number of benzene rings is 2. The van der Waals surface area contributed by atoms with Crippen LogP contribution in [0.3, 0.4) is 0 Å². The van der Waals surface area contributed by atoms with Crippen molar-refractivity contribution in [2.75, 3.05) is 5.73 Å². The van der Waals surface area contributed by atoms with E-state index < -0.39 is 5.63 Å². The number of fused-ring (bicyclic) bond motifs is 2. The first-order valence-corrected chi connectivity index (χ1v) is 8.76. The van der Waals surface area contributed by atoms with E-state index in [4.69, 9.17) is 10.2 Å². The molecule has 3 heterocycles. The van der Waals surface area contributed by atoms with Crippen molar-refractivity contribution in [1.82, 2.24) is 19.8 Å². The number of hydrogen-bond acceptors (Lipinski definition) is 8. The van der Waals surface area contributed by atoms with Gasteiger partial charge in [-0.05, 0) is 24.3 Å². The van der Waals surface area contributed by atoms with Crippen molar-refractivity contribution in [3.05, 3.63) is 59.0 Å². The lowest BCUT2D eigenvalue weighted by Gasteiger charge is -2.02. The SMILES string of the molecule is Nc1cc(O)ccc1-c1nnc2sc(-c3cc4ccccc4oc3=O)nn12. The van der Waals surface area contributed by atoms with Gasteiger partial charge in [0.1, 0.15) is 11.3 Å². The topological polar surface area (TPSA) is 120 Å². The van der Waals surface area contributed by atoms with Crippen LogP contribution in [0.15, 0.2) is 57.7 Å². The molecule has 27 heavy (non-hydrogen) atoms. The number of rotatable bonds is 2. The van der Waals surface area contributed by atoms with Gasteiger partial charge in [0.25, 0.3) is 0 Å². The fourth-order valence-electron chi connectivity index (χ4n) is 2.86. The van der Waals surface area contributed by atoms with E-state index in [1.807, 2.05) is 18.2 Å². The van der Waals surface area contributed by atoms with Gasteiger partial charge < -0.3 is 15.3 Å². The molecule has 0 aliphatic rings. The Balaban J connectivity index is 1.69. The molecular weight excluding hydrogens is 366 g/mol. The van der Waals surface area contributed by atoms with Gasteiger partial charge in [0.15, 0.2) is 10.8 Å². The summed E-state index contributed by atoms with van der Waals surface area (Å²) < 4.78 is 6.91. The molecule has 0 saturated heterocycles. The van der Waals surface area contributed by atoms with Gasteiger partial charge in [0.05, 0.1) is 5.56 Å². The van der Waals surface area contributed by atoms with Crippen LogP contribution < -0.4 is 11.4 Å². The molecule has 0 aliphatic carbocycles. The Labute approximate surface area is 155 Å². The first-order chi connectivity index (χ1) is 13.1. The molecule has 0 saturated carbocycles. The number of phenolic OH excluding ortho intramolecular Hbond substituents is 1. The second-order valence-corrected chi connectivity index (χ2v) is 6.84. The van der Waals surface area contributed by atoms with E-state index in [0.29, 0.717) is 38.2 Å². The number of nitrogens with zero attached hydrogens (tertiary/aromatic N) is 4. The summed E-state index contributed by atoms with van der Waals surface area (Å²) >= 11 is 1.23. The summed E-state index contributed by atoms with van der Waals surface area (Å²) in [6.07, 6.45) is 0. The van der Waals surface area contributed by atoms with E-state index in [9.17, 15) is 9.90 Å². The van der Waals surface area contributed by atoms with Crippen LogP contribution in [-0.4, -0.2) is 24.9 Å². The predicted octanol–water partition coefficient (Wildman–Crippen LogP) is 2.91. The number of para-hydroxylation sites is 1. The van der Waals surface area contributed by atoms with Crippen molar-refractivity contribution < 1.29 is 9.52 Å². The molecule has 0 radical (unpaired) electrons. The molecule has 2 aromatic carbocycles. The molecule has 9 heteroatoms. The maximum absolute atomic E-state index is 12.4. The predicted molar refractivity (Wildman–Crippen MR) is 102 cm³/mol. The average Bonchev–Trinajstić information content (AvgIpc) is 3.22. The Hall–Kier alpha value is -3.72. The van der Waals surface area contributed by atoms with Crippen LogP contribution in [0.5, 0.6) is 5.75 Å². The molecule has 0 unspecified atom stereocenters. The minimum Gasteiger partial charge on any atom is -0.508 e. The summed E-state index contributed by atoms with van der Waals surface area (Å²) in [6.45, 7) is 0. The fraction of sp³-hybridized carbons (Fsp3) is 0. The molecule has 0 atom stereocenters. The summed E-state index contributed by atoms with van der Waals surface area (Å²) in [4.78, 5) is 12.9. The molecule has 0 bridgehead atoms. The Morgan fingerprint density at radius 2 is 1.93 bits per heavy atom. The Kier molecular flexibility index (Phi) is 3.25. The smallest absolute Gasteiger partial charge is 0.346 e. The van der Waals surface area contributed by atoms with E-state index in [2.05, 4.69) is 15.3 Å². The monoisotopic (exact) mass is 377 g/mol. The van der Waals surface area contributed by atoms with Crippen LogP contribution in [0.2, 0.25) is 0 Å². The number of aromatic hydroxyl groups is 1. The zero-order chi connectivity index (χ0) is 18.5. The van der Waals surface area contributed by atoms with Crippen molar-refractivity contribution in [1.29, 1.82) is 0 Å². The number of anilines is 1. The number of hydrogen-bond donors (Lipinski definition) is 2.